The molecule has 192 valence electrons. The van der Waals surface area contributed by atoms with Crippen molar-refractivity contribution in [3.05, 3.63) is 94.1 Å². The van der Waals surface area contributed by atoms with Crippen LogP contribution in [0.4, 0.5) is 5.69 Å². The van der Waals surface area contributed by atoms with Gasteiger partial charge in [0.2, 0.25) is 0 Å². The van der Waals surface area contributed by atoms with Gasteiger partial charge in [-0.2, -0.15) is 0 Å². The second-order valence-corrected chi connectivity index (χ2v) is 9.56. The number of benzene rings is 3. The number of nitrogens with zero attached hydrogens (tertiary/aromatic N) is 1. The van der Waals surface area contributed by atoms with Crippen molar-refractivity contribution in [2.24, 2.45) is 0 Å². The summed E-state index contributed by atoms with van der Waals surface area (Å²) >= 11 is 0. The lowest BCUT2D eigenvalue weighted by molar-refractivity contribution is -0.132. The topological polar surface area (TPSA) is 76.1 Å². The number of carbonyl (C=O) groups is 2. The predicted molar refractivity (Wildman–Crippen MR) is 145 cm³/mol. The summed E-state index contributed by atoms with van der Waals surface area (Å²) in [4.78, 5) is 28.5. The number of hydrogen-bond donors (Lipinski definition) is 1. The van der Waals surface area contributed by atoms with Crippen molar-refractivity contribution in [1.29, 1.82) is 0 Å². The summed E-state index contributed by atoms with van der Waals surface area (Å²) in [5.41, 5.74) is 4.48. The molecule has 6 nitrogen and oxygen atoms in total. The van der Waals surface area contributed by atoms with E-state index in [0.29, 0.717) is 35.3 Å². The average Bonchev–Trinajstić information content (AvgIpc) is 3.15. The van der Waals surface area contributed by atoms with Crippen LogP contribution >= 0.6 is 0 Å². The van der Waals surface area contributed by atoms with Gasteiger partial charge in [-0.25, -0.2) is 0 Å². The Bertz CT molecular complexity index is 1370. The minimum Gasteiger partial charge on any atom is -0.507 e. The fraction of sp³-hybridized carbons (Fsp3) is 0.290. The number of rotatable bonds is 7. The number of hydrogen-bond acceptors (Lipinski definition) is 5. The molecule has 0 aliphatic carbocycles. The van der Waals surface area contributed by atoms with Gasteiger partial charge in [-0.3, -0.25) is 14.5 Å². The predicted octanol–water partition coefficient (Wildman–Crippen LogP) is 6.46. The summed E-state index contributed by atoms with van der Waals surface area (Å²) in [5, 5.41) is 11.6. The van der Waals surface area contributed by atoms with Crippen molar-refractivity contribution >= 4 is 23.1 Å². The third-order valence-electron chi connectivity index (χ3n) is 6.77. The monoisotopic (exact) mass is 499 g/mol. The van der Waals surface area contributed by atoms with Crippen LogP contribution in [0.1, 0.15) is 60.5 Å². The van der Waals surface area contributed by atoms with E-state index in [9.17, 15) is 14.7 Å². The Balaban J connectivity index is 1.95. The van der Waals surface area contributed by atoms with Gasteiger partial charge in [0.1, 0.15) is 17.3 Å². The number of Topliss-reactive ketones (excluding diaryl/α,β-unsaturated/α-hetero) is 1. The van der Waals surface area contributed by atoms with Gasteiger partial charge in [-0.15, -0.1) is 0 Å². The molecular formula is C31H33NO5. The Morgan fingerprint density at radius 2 is 1.70 bits per heavy atom. The normalized spacial score (nSPS) is 16.9. The van der Waals surface area contributed by atoms with Gasteiger partial charge >= 0.3 is 0 Å². The van der Waals surface area contributed by atoms with Crippen LogP contribution in [0.2, 0.25) is 0 Å². The van der Waals surface area contributed by atoms with Crippen LogP contribution in [0, 0.1) is 13.8 Å². The summed E-state index contributed by atoms with van der Waals surface area (Å²) < 4.78 is 11.1. The lowest BCUT2D eigenvalue weighted by Crippen LogP contribution is -2.29. The van der Waals surface area contributed by atoms with Gasteiger partial charge in [0.05, 0.1) is 25.3 Å². The Labute approximate surface area is 218 Å². The van der Waals surface area contributed by atoms with Crippen LogP contribution in [0.3, 0.4) is 0 Å². The summed E-state index contributed by atoms with van der Waals surface area (Å²) in [6, 6.07) is 17.7. The molecule has 1 amide bonds. The van der Waals surface area contributed by atoms with E-state index in [0.717, 1.165) is 22.3 Å². The number of ketones is 1. The highest BCUT2D eigenvalue weighted by molar-refractivity contribution is 6.51. The number of amides is 1. The molecule has 1 heterocycles. The van der Waals surface area contributed by atoms with E-state index in [4.69, 9.17) is 9.47 Å². The molecule has 0 bridgehead atoms. The first-order valence-corrected chi connectivity index (χ1v) is 12.5. The van der Waals surface area contributed by atoms with E-state index >= 15 is 0 Å². The van der Waals surface area contributed by atoms with E-state index in [1.54, 1.807) is 37.4 Å². The maximum Gasteiger partial charge on any atom is 0.300 e. The van der Waals surface area contributed by atoms with Crippen molar-refractivity contribution in [3.8, 4) is 11.5 Å². The molecule has 1 unspecified atom stereocenters. The molecular weight excluding hydrogens is 466 g/mol. The van der Waals surface area contributed by atoms with E-state index in [1.807, 2.05) is 51.1 Å². The first-order chi connectivity index (χ1) is 17.7. The molecule has 6 heteroatoms. The van der Waals surface area contributed by atoms with Gasteiger partial charge < -0.3 is 14.6 Å². The van der Waals surface area contributed by atoms with Gasteiger partial charge in [0.15, 0.2) is 0 Å². The Morgan fingerprint density at radius 3 is 2.32 bits per heavy atom. The SMILES string of the molecule is CCOc1cccc(N2C(=O)C(=O)/C(=C(/O)c3cc(C)c(OC)cc3C)C2c2ccc(C(C)C)cc2)c1. The molecule has 3 aromatic carbocycles. The van der Waals surface area contributed by atoms with Gasteiger partial charge in [0.25, 0.3) is 11.7 Å². The molecule has 1 aliphatic heterocycles. The number of ether oxygens (including phenoxy) is 2. The molecule has 1 atom stereocenters. The third-order valence-corrected chi connectivity index (χ3v) is 6.77. The summed E-state index contributed by atoms with van der Waals surface area (Å²) in [7, 11) is 1.59. The minimum absolute atomic E-state index is 0.0526. The molecule has 0 saturated carbocycles. The highest BCUT2D eigenvalue weighted by atomic mass is 16.5. The number of carbonyl (C=O) groups excluding carboxylic acids is 2. The smallest absolute Gasteiger partial charge is 0.300 e. The van der Waals surface area contributed by atoms with Gasteiger partial charge in [0, 0.05) is 17.3 Å². The highest BCUT2D eigenvalue weighted by Crippen LogP contribution is 2.43. The lowest BCUT2D eigenvalue weighted by atomic mass is 9.91. The maximum atomic E-state index is 13.5. The molecule has 4 rings (SSSR count). The van der Waals surface area contributed by atoms with Crippen LogP contribution in [-0.4, -0.2) is 30.5 Å². The molecule has 0 radical (unpaired) electrons. The Hall–Kier alpha value is -4.06. The molecule has 37 heavy (non-hydrogen) atoms. The maximum absolute atomic E-state index is 13.5. The van der Waals surface area contributed by atoms with Crippen molar-refractivity contribution in [2.45, 2.75) is 46.6 Å². The van der Waals surface area contributed by atoms with Crippen molar-refractivity contribution in [3.63, 3.8) is 0 Å². The van der Waals surface area contributed by atoms with Crippen LogP contribution in [0.15, 0.2) is 66.2 Å². The third kappa shape index (κ3) is 4.84. The highest BCUT2D eigenvalue weighted by Gasteiger charge is 2.47. The molecule has 1 fully saturated rings. The zero-order valence-corrected chi connectivity index (χ0v) is 22.2. The zero-order chi connectivity index (χ0) is 26.9. The molecule has 3 aromatic rings. The fourth-order valence-electron chi connectivity index (χ4n) is 4.78. The summed E-state index contributed by atoms with van der Waals surface area (Å²) in [6.07, 6.45) is 0. The van der Waals surface area contributed by atoms with Crippen molar-refractivity contribution < 1.29 is 24.2 Å². The quantitative estimate of drug-likeness (QED) is 0.229. The zero-order valence-electron chi connectivity index (χ0n) is 22.2. The first kappa shape index (κ1) is 26.0. The minimum atomic E-state index is -0.806. The Morgan fingerprint density at radius 1 is 1.00 bits per heavy atom. The number of aliphatic hydroxyl groups excluding tert-OH is 1. The molecule has 1 aliphatic rings. The van der Waals surface area contributed by atoms with Gasteiger partial charge in [-0.1, -0.05) is 44.2 Å². The van der Waals surface area contributed by atoms with Crippen molar-refractivity contribution in [1.82, 2.24) is 0 Å². The average molecular weight is 500 g/mol. The first-order valence-electron chi connectivity index (χ1n) is 12.5. The van der Waals surface area contributed by atoms with E-state index < -0.39 is 17.7 Å². The van der Waals surface area contributed by atoms with Crippen molar-refractivity contribution in [2.75, 3.05) is 18.6 Å². The van der Waals surface area contributed by atoms with Crippen LogP contribution in [-0.2, 0) is 9.59 Å². The van der Waals surface area contributed by atoms with Crippen LogP contribution < -0.4 is 14.4 Å². The van der Waals surface area contributed by atoms with E-state index in [-0.39, 0.29) is 11.3 Å². The molecule has 0 spiro atoms. The molecule has 1 saturated heterocycles. The van der Waals surface area contributed by atoms with E-state index in [1.165, 1.54) is 4.90 Å². The van der Waals surface area contributed by atoms with E-state index in [2.05, 4.69) is 13.8 Å². The number of aliphatic hydroxyl groups is 1. The van der Waals surface area contributed by atoms with Gasteiger partial charge in [-0.05, 0) is 73.2 Å². The fourth-order valence-corrected chi connectivity index (χ4v) is 4.78. The number of aryl methyl sites for hydroxylation is 2. The largest absolute Gasteiger partial charge is 0.507 e. The summed E-state index contributed by atoms with van der Waals surface area (Å²) in [5.74, 6) is -0.0298. The standard InChI is InChI=1S/C31H33NO5/c1-7-37-24-10-8-9-23(17-24)32-28(22-13-11-21(12-14-22)18(2)3)27(30(34)31(32)35)29(33)25-15-20(5)26(36-6)16-19(25)4/h8-18,28,33H,7H2,1-6H3/b29-27+. The lowest BCUT2D eigenvalue weighted by Gasteiger charge is -2.26. The number of methoxy groups -OCH3 is 1. The number of anilines is 1. The second-order valence-electron chi connectivity index (χ2n) is 9.56. The second kappa shape index (κ2) is 10.5. The molecule has 1 N–H and O–H groups in total. The molecule has 0 aromatic heterocycles. The Kier molecular flexibility index (Phi) is 7.39. The van der Waals surface area contributed by atoms with Crippen LogP contribution in [0.25, 0.3) is 5.76 Å². The summed E-state index contributed by atoms with van der Waals surface area (Å²) in [6.45, 7) is 10.3. The van der Waals surface area contributed by atoms with Crippen LogP contribution in [0.5, 0.6) is 11.5 Å².